The standard InChI is InChI=1S/C20H26N2O3.C2H2O4/c1-23-18-7-5-4-6-17(18)22-12-10-21(11-13-22)15-16-8-9-19(24-2)20(14-16)25-3;3-1(4)2(5)6/h4-9,14H,10-13,15H2,1-3H3;(H,3,4)(H,5,6). The molecule has 1 aliphatic heterocycles. The van der Waals surface area contributed by atoms with Crippen LogP contribution in [-0.4, -0.2) is 74.6 Å². The molecule has 168 valence electrons. The van der Waals surface area contributed by atoms with E-state index in [1.807, 2.05) is 18.2 Å². The summed E-state index contributed by atoms with van der Waals surface area (Å²) < 4.78 is 16.2. The number of piperazine rings is 1. The van der Waals surface area contributed by atoms with E-state index in [9.17, 15) is 0 Å². The first-order chi connectivity index (χ1) is 14.9. The lowest BCUT2D eigenvalue weighted by molar-refractivity contribution is -0.159. The molecule has 2 aromatic carbocycles. The number of ether oxygens (including phenoxy) is 3. The molecule has 2 aromatic rings. The second-order valence-corrected chi connectivity index (χ2v) is 6.73. The molecule has 1 fully saturated rings. The average Bonchev–Trinajstić information content (AvgIpc) is 2.79. The summed E-state index contributed by atoms with van der Waals surface area (Å²) in [5.41, 5.74) is 2.42. The molecule has 3 rings (SSSR count). The zero-order chi connectivity index (χ0) is 22.8. The third-order valence-corrected chi connectivity index (χ3v) is 4.84. The highest BCUT2D eigenvalue weighted by Crippen LogP contribution is 2.30. The van der Waals surface area contributed by atoms with Gasteiger partial charge in [-0.25, -0.2) is 9.59 Å². The monoisotopic (exact) mass is 432 g/mol. The Balaban J connectivity index is 0.000000501. The first-order valence-corrected chi connectivity index (χ1v) is 9.67. The number of carboxylic acids is 2. The van der Waals surface area contributed by atoms with Crippen molar-refractivity contribution in [2.75, 3.05) is 52.4 Å². The molecular weight excluding hydrogens is 404 g/mol. The van der Waals surface area contributed by atoms with Gasteiger partial charge in [-0.05, 0) is 29.8 Å². The van der Waals surface area contributed by atoms with Gasteiger partial charge in [-0.15, -0.1) is 0 Å². The Morgan fingerprint density at radius 1 is 0.806 bits per heavy atom. The van der Waals surface area contributed by atoms with Gasteiger partial charge in [-0.1, -0.05) is 18.2 Å². The minimum Gasteiger partial charge on any atom is -0.495 e. The van der Waals surface area contributed by atoms with Crippen molar-refractivity contribution in [1.82, 2.24) is 4.90 Å². The molecule has 2 N–H and O–H groups in total. The molecule has 0 radical (unpaired) electrons. The molecule has 1 heterocycles. The van der Waals surface area contributed by atoms with E-state index in [1.54, 1.807) is 21.3 Å². The van der Waals surface area contributed by atoms with E-state index in [0.29, 0.717) is 0 Å². The van der Waals surface area contributed by atoms with Gasteiger partial charge >= 0.3 is 11.9 Å². The van der Waals surface area contributed by atoms with Crippen molar-refractivity contribution in [3.63, 3.8) is 0 Å². The van der Waals surface area contributed by atoms with E-state index in [0.717, 1.165) is 50.0 Å². The Kier molecular flexibility index (Phi) is 8.95. The number of methoxy groups -OCH3 is 3. The van der Waals surface area contributed by atoms with E-state index >= 15 is 0 Å². The van der Waals surface area contributed by atoms with Crippen molar-refractivity contribution in [2.24, 2.45) is 0 Å². The summed E-state index contributed by atoms with van der Waals surface area (Å²) >= 11 is 0. The molecule has 9 heteroatoms. The second kappa shape index (κ2) is 11.7. The van der Waals surface area contributed by atoms with Crippen LogP contribution < -0.4 is 19.1 Å². The maximum Gasteiger partial charge on any atom is 0.414 e. The summed E-state index contributed by atoms with van der Waals surface area (Å²) in [7, 11) is 5.06. The van der Waals surface area contributed by atoms with Crippen LogP contribution in [-0.2, 0) is 16.1 Å². The molecular formula is C22H28N2O7. The van der Waals surface area contributed by atoms with Gasteiger partial charge in [0.1, 0.15) is 5.75 Å². The highest BCUT2D eigenvalue weighted by atomic mass is 16.5. The normalized spacial score (nSPS) is 13.6. The molecule has 0 aromatic heterocycles. The third kappa shape index (κ3) is 6.78. The molecule has 0 unspecified atom stereocenters. The summed E-state index contributed by atoms with van der Waals surface area (Å²) in [5.74, 6) is -1.15. The highest BCUT2D eigenvalue weighted by molar-refractivity contribution is 6.27. The van der Waals surface area contributed by atoms with Crippen molar-refractivity contribution in [1.29, 1.82) is 0 Å². The fourth-order valence-corrected chi connectivity index (χ4v) is 3.28. The SMILES string of the molecule is COc1ccc(CN2CCN(c3ccccc3OC)CC2)cc1OC.O=C(O)C(=O)O. The molecule has 0 spiro atoms. The smallest absolute Gasteiger partial charge is 0.414 e. The van der Waals surface area contributed by atoms with Crippen LogP contribution in [0.15, 0.2) is 42.5 Å². The molecule has 0 amide bonds. The van der Waals surface area contributed by atoms with Gasteiger partial charge in [0.15, 0.2) is 11.5 Å². The van der Waals surface area contributed by atoms with Crippen molar-refractivity contribution in [3.05, 3.63) is 48.0 Å². The summed E-state index contributed by atoms with van der Waals surface area (Å²) in [6.07, 6.45) is 0. The van der Waals surface area contributed by atoms with Crippen molar-refractivity contribution >= 4 is 17.6 Å². The Hall–Kier alpha value is -3.46. The van der Waals surface area contributed by atoms with Crippen molar-refractivity contribution < 1.29 is 34.0 Å². The number of carbonyl (C=O) groups is 2. The van der Waals surface area contributed by atoms with E-state index in [1.165, 1.54) is 11.3 Å². The average molecular weight is 432 g/mol. The van der Waals surface area contributed by atoms with Crippen LogP contribution in [0.1, 0.15) is 5.56 Å². The molecule has 1 aliphatic rings. The number of para-hydroxylation sites is 2. The zero-order valence-corrected chi connectivity index (χ0v) is 17.9. The number of carboxylic acid groups (broad SMARTS) is 2. The quantitative estimate of drug-likeness (QED) is 0.664. The summed E-state index contributed by atoms with van der Waals surface area (Å²) in [6.45, 7) is 4.94. The van der Waals surface area contributed by atoms with Crippen LogP contribution >= 0.6 is 0 Å². The first kappa shape index (κ1) is 23.8. The summed E-state index contributed by atoms with van der Waals surface area (Å²) in [5, 5.41) is 14.8. The van der Waals surface area contributed by atoms with Gasteiger partial charge in [0.2, 0.25) is 0 Å². The number of benzene rings is 2. The number of hydrogen-bond acceptors (Lipinski definition) is 7. The number of aliphatic carboxylic acids is 2. The first-order valence-electron chi connectivity index (χ1n) is 9.67. The fraction of sp³-hybridized carbons (Fsp3) is 0.364. The summed E-state index contributed by atoms with van der Waals surface area (Å²) in [4.78, 5) is 23.1. The number of hydrogen-bond donors (Lipinski definition) is 2. The largest absolute Gasteiger partial charge is 0.495 e. The van der Waals surface area contributed by atoms with E-state index < -0.39 is 11.9 Å². The van der Waals surface area contributed by atoms with Crippen LogP contribution in [0, 0.1) is 0 Å². The molecule has 0 bridgehead atoms. The van der Waals surface area contributed by atoms with Crippen molar-refractivity contribution in [3.8, 4) is 17.2 Å². The second-order valence-electron chi connectivity index (χ2n) is 6.73. The maximum absolute atomic E-state index is 9.10. The highest BCUT2D eigenvalue weighted by Gasteiger charge is 2.20. The lowest BCUT2D eigenvalue weighted by Gasteiger charge is -2.36. The third-order valence-electron chi connectivity index (χ3n) is 4.84. The van der Waals surface area contributed by atoms with Crippen molar-refractivity contribution in [2.45, 2.75) is 6.54 Å². The Morgan fingerprint density at radius 2 is 1.39 bits per heavy atom. The van der Waals surface area contributed by atoms with Crippen LogP contribution in [0.2, 0.25) is 0 Å². The predicted octanol–water partition coefficient (Wildman–Crippen LogP) is 2.19. The topological polar surface area (TPSA) is 109 Å². The van der Waals surface area contributed by atoms with E-state index in [-0.39, 0.29) is 0 Å². The van der Waals surface area contributed by atoms with Gasteiger partial charge in [-0.3, -0.25) is 4.90 Å². The summed E-state index contributed by atoms with van der Waals surface area (Å²) in [6, 6.07) is 14.4. The van der Waals surface area contributed by atoms with E-state index in [2.05, 4.69) is 34.1 Å². The molecule has 0 aliphatic carbocycles. The number of anilines is 1. The molecule has 1 saturated heterocycles. The van der Waals surface area contributed by atoms with Gasteiger partial charge in [0, 0.05) is 32.7 Å². The predicted molar refractivity (Wildman–Crippen MR) is 115 cm³/mol. The number of nitrogens with zero attached hydrogens (tertiary/aromatic N) is 2. The minimum atomic E-state index is -1.82. The van der Waals surface area contributed by atoms with E-state index in [4.69, 9.17) is 34.0 Å². The molecule has 0 atom stereocenters. The number of rotatable bonds is 6. The fourth-order valence-electron chi connectivity index (χ4n) is 3.28. The zero-order valence-electron chi connectivity index (χ0n) is 17.9. The van der Waals surface area contributed by atoms with Gasteiger partial charge in [0.25, 0.3) is 0 Å². The lowest BCUT2D eigenvalue weighted by Crippen LogP contribution is -2.46. The van der Waals surface area contributed by atoms with Crippen LogP contribution in [0.4, 0.5) is 5.69 Å². The molecule has 31 heavy (non-hydrogen) atoms. The Bertz CT molecular complexity index is 868. The Labute approximate surface area is 181 Å². The van der Waals surface area contributed by atoms with Gasteiger partial charge < -0.3 is 29.3 Å². The Morgan fingerprint density at radius 3 is 1.94 bits per heavy atom. The minimum absolute atomic E-state index is 0.771. The van der Waals surface area contributed by atoms with Crippen LogP contribution in [0.25, 0.3) is 0 Å². The molecule has 0 saturated carbocycles. The van der Waals surface area contributed by atoms with Crippen LogP contribution in [0.3, 0.4) is 0 Å². The van der Waals surface area contributed by atoms with Gasteiger partial charge in [0.05, 0.1) is 27.0 Å². The van der Waals surface area contributed by atoms with Crippen LogP contribution in [0.5, 0.6) is 17.2 Å². The molecule has 9 nitrogen and oxygen atoms in total. The van der Waals surface area contributed by atoms with Gasteiger partial charge in [-0.2, -0.15) is 0 Å². The maximum atomic E-state index is 9.10. The lowest BCUT2D eigenvalue weighted by atomic mass is 10.1.